The van der Waals surface area contributed by atoms with Crippen LogP contribution in [0.5, 0.6) is 0 Å². The van der Waals surface area contributed by atoms with E-state index < -0.39 is 0 Å². The van der Waals surface area contributed by atoms with Gasteiger partial charge in [-0.25, -0.2) is 5.06 Å². The zero-order chi connectivity index (χ0) is 26.9. The number of hydroxylamine groups is 1. The van der Waals surface area contributed by atoms with Crippen LogP contribution >= 0.6 is 23.1 Å². The zero-order valence-corrected chi connectivity index (χ0v) is 23.5. The van der Waals surface area contributed by atoms with Crippen LogP contribution in [-0.2, 0) is 6.42 Å². The van der Waals surface area contributed by atoms with Crippen molar-refractivity contribution in [2.75, 3.05) is 5.06 Å². The van der Waals surface area contributed by atoms with Crippen molar-refractivity contribution in [1.82, 2.24) is 0 Å². The second-order valence-electron chi connectivity index (χ2n) is 9.43. The van der Waals surface area contributed by atoms with Gasteiger partial charge in [-0.3, -0.25) is 10.4 Å². The van der Waals surface area contributed by atoms with E-state index in [0.29, 0.717) is 0 Å². The number of hydrogen-bond acceptors (Lipinski definition) is 5. The van der Waals surface area contributed by atoms with E-state index in [0.717, 1.165) is 77.1 Å². The van der Waals surface area contributed by atoms with Crippen molar-refractivity contribution in [3.8, 4) is 22.3 Å². The summed E-state index contributed by atoms with van der Waals surface area (Å²) in [6, 6.07) is 30.9. The molecule has 0 bridgehead atoms. The minimum absolute atomic E-state index is 0.745. The Morgan fingerprint density at radius 3 is 2.28 bits per heavy atom. The molecule has 0 aliphatic carbocycles. The third kappa shape index (κ3) is 4.76. The Hall–Kier alpha value is -3.84. The first kappa shape index (κ1) is 25.4. The van der Waals surface area contributed by atoms with E-state index in [-0.39, 0.29) is 0 Å². The first-order chi connectivity index (χ1) is 19.1. The van der Waals surface area contributed by atoms with E-state index in [9.17, 15) is 10.4 Å². The molecule has 1 aliphatic rings. The van der Waals surface area contributed by atoms with Crippen molar-refractivity contribution < 1.29 is 15.1 Å². The highest BCUT2D eigenvalue weighted by Crippen LogP contribution is 2.47. The Balaban J connectivity index is 1.35. The summed E-state index contributed by atoms with van der Waals surface area (Å²) < 4.78 is 2.38. The minimum atomic E-state index is 0.745. The summed E-state index contributed by atoms with van der Waals surface area (Å²) in [7, 11) is 0. The number of hydrogen-bond donors (Lipinski definition) is 2. The lowest BCUT2D eigenvalue weighted by Crippen LogP contribution is -2.32. The molecule has 6 heteroatoms. The number of thioether (sulfide) groups is 1. The molecule has 39 heavy (non-hydrogen) atoms. The molecular weight excluding hydrogens is 521 g/mol. The number of allylic oxidation sites excluding steroid dienone is 2. The average Bonchev–Trinajstić information content (AvgIpc) is 3.47. The van der Waals surface area contributed by atoms with Gasteiger partial charge in [0.25, 0.3) is 5.52 Å². The molecule has 0 spiro atoms. The van der Waals surface area contributed by atoms with Crippen molar-refractivity contribution in [1.29, 1.82) is 0 Å². The van der Waals surface area contributed by atoms with Crippen molar-refractivity contribution in [3.63, 3.8) is 0 Å². The summed E-state index contributed by atoms with van der Waals surface area (Å²) in [6.07, 6.45) is 5.60. The molecular formula is C33H29N2O2S2+. The van der Waals surface area contributed by atoms with Crippen LogP contribution in [0.3, 0.4) is 0 Å². The molecule has 194 valence electrons. The number of benzene rings is 4. The molecule has 5 aromatic rings. The van der Waals surface area contributed by atoms with Crippen LogP contribution in [0.2, 0.25) is 0 Å². The maximum atomic E-state index is 11.3. The Kier molecular flexibility index (Phi) is 7.00. The van der Waals surface area contributed by atoms with E-state index >= 15 is 0 Å². The molecule has 4 nitrogen and oxygen atoms in total. The SMILES string of the molecule is CCC(=Cc1sc2ccc(-c3ccccc3)c(CC)c2[n+]1O)C=C1Sc2ccc(-c3ccccc3)cc2N1O. The normalized spacial score (nSPS) is 14.4. The zero-order valence-electron chi connectivity index (χ0n) is 21.8. The lowest BCUT2D eigenvalue weighted by Gasteiger charge is -2.12. The monoisotopic (exact) mass is 549 g/mol. The Bertz CT molecular complexity index is 1720. The smallest absolute Gasteiger partial charge is 0.283 e. The number of thiazole rings is 1. The molecule has 6 rings (SSSR count). The summed E-state index contributed by atoms with van der Waals surface area (Å²) >= 11 is 3.12. The van der Waals surface area contributed by atoms with Crippen LogP contribution in [-0.4, -0.2) is 10.4 Å². The van der Waals surface area contributed by atoms with Gasteiger partial charge in [-0.05, 0) is 64.9 Å². The fourth-order valence-electron chi connectivity index (χ4n) is 5.04. The molecule has 0 saturated heterocycles. The number of anilines is 1. The third-order valence-corrected chi connectivity index (χ3v) is 9.18. The number of aryl methyl sites for hydroxylation is 1. The van der Waals surface area contributed by atoms with Crippen molar-refractivity contribution >= 4 is 45.1 Å². The highest BCUT2D eigenvalue weighted by molar-refractivity contribution is 8.03. The highest BCUT2D eigenvalue weighted by Gasteiger charge is 2.27. The first-order valence-electron chi connectivity index (χ1n) is 13.1. The highest BCUT2D eigenvalue weighted by atomic mass is 32.2. The molecule has 1 aliphatic heterocycles. The molecule has 2 N–H and O–H groups in total. The lowest BCUT2D eigenvalue weighted by atomic mass is 9.97. The van der Waals surface area contributed by atoms with Crippen molar-refractivity contribution in [2.24, 2.45) is 0 Å². The topological polar surface area (TPSA) is 47.6 Å². The van der Waals surface area contributed by atoms with Crippen LogP contribution in [0.1, 0.15) is 30.8 Å². The Labute approximate surface area is 236 Å². The molecule has 1 aromatic heterocycles. The average molecular weight is 550 g/mol. The number of nitrogens with zero attached hydrogens (tertiary/aromatic N) is 2. The lowest BCUT2D eigenvalue weighted by molar-refractivity contribution is -0.882. The largest absolute Gasteiger partial charge is 0.313 e. The van der Waals surface area contributed by atoms with E-state index in [4.69, 9.17) is 0 Å². The molecule has 0 fully saturated rings. The van der Waals surface area contributed by atoms with Gasteiger partial charge in [0.05, 0.1) is 5.69 Å². The number of rotatable bonds is 6. The molecule has 0 amide bonds. The van der Waals surface area contributed by atoms with Gasteiger partial charge >= 0.3 is 5.01 Å². The van der Waals surface area contributed by atoms with Gasteiger partial charge in [0.1, 0.15) is 9.73 Å². The Morgan fingerprint density at radius 2 is 1.59 bits per heavy atom. The summed E-state index contributed by atoms with van der Waals surface area (Å²) in [5.41, 5.74) is 8.26. The van der Waals surface area contributed by atoms with Crippen LogP contribution in [0.4, 0.5) is 5.69 Å². The minimum Gasteiger partial charge on any atom is -0.283 e. The predicted octanol–water partition coefficient (Wildman–Crippen LogP) is 8.96. The molecule has 0 saturated carbocycles. The van der Waals surface area contributed by atoms with Gasteiger partial charge < -0.3 is 0 Å². The van der Waals surface area contributed by atoms with Crippen molar-refractivity contribution in [2.45, 2.75) is 31.6 Å². The van der Waals surface area contributed by atoms with Gasteiger partial charge in [0.15, 0.2) is 0 Å². The number of aromatic nitrogens is 1. The van der Waals surface area contributed by atoms with E-state index in [1.54, 1.807) is 23.1 Å². The van der Waals surface area contributed by atoms with E-state index in [2.05, 4.69) is 62.4 Å². The second-order valence-corrected chi connectivity index (χ2v) is 11.6. The van der Waals surface area contributed by atoms with Crippen LogP contribution in [0, 0.1) is 0 Å². The van der Waals surface area contributed by atoms with Crippen LogP contribution < -0.4 is 9.79 Å². The quantitative estimate of drug-likeness (QED) is 0.164. The van der Waals surface area contributed by atoms with E-state index in [1.165, 1.54) is 9.79 Å². The molecule has 2 heterocycles. The summed E-state index contributed by atoms with van der Waals surface area (Å²) in [5, 5.41) is 25.1. The summed E-state index contributed by atoms with van der Waals surface area (Å²) in [4.78, 5) is 1.01. The number of fused-ring (bicyclic) bond motifs is 2. The van der Waals surface area contributed by atoms with Gasteiger partial charge in [-0.2, -0.15) is 0 Å². The second kappa shape index (κ2) is 10.7. The molecule has 0 unspecified atom stereocenters. The van der Waals surface area contributed by atoms with Crippen molar-refractivity contribution in [3.05, 3.63) is 118 Å². The fraction of sp³-hybridized carbons (Fsp3) is 0.121. The third-order valence-electron chi connectivity index (χ3n) is 7.06. The van der Waals surface area contributed by atoms with Crippen LogP contribution in [0.15, 0.2) is 113 Å². The fourth-order valence-corrected chi connectivity index (χ4v) is 7.10. The van der Waals surface area contributed by atoms with Gasteiger partial charge in [0.2, 0.25) is 0 Å². The van der Waals surface area contributed by atoms with Gasteiger partial charge in [-0.15, -0.1) is 0 Å². The van der Waals surface area contributed by atoms with Gasteiger partial charge in [0, 0.05) is 21.3 Å². The van der Waals surface area contributed by atoms with Gasteiger partial charge in [-0.1, -0.05) is 110 Å². The molecule has 4 aromatic carbocycles. The molecule has 0 radical (unpaired) electrons. The van der Waals surface area contributed by atoms with Crippen LogP contribution in [0.25, 0.3) is 38.5 Å². The summed E-state index contributed by atoms with van der Waals surface area (Å²) in [6.45, 7) is 4.22. The summed E-state index contributed by atoms with van der Waals surface area (Å²) in [5.74, 6) is 0. The predicted molar refractivity (Wildman–Crippen MR) is 162 cm³/mol. The first-order valence-corrected chi connectivity index (χ1v) is 14.7. The van der Waals surface area contributed by atoms with E-state index in [1.807, 2.05) is 54.6 Å². The standard InChI is InChI=1S/C33H29N2O2S2/c1-3-22(19-31-34(36)28-21-25(15-17-29(28)38-31)23-11-7-5-8-12-23)20-32-35(37)33-26(4-2)27(16-18-30(33)39-32)24-13-9-6-10-14-24/h5-21,36-37H,3-4H2,1-2H3/q+1. The Morgan fingerprint density at radius 1 is 0.872 bits per heavy atom. The maximum absolute atomic E-state index is 11.3. The maximum Gasteiger partial charge on any atom is 0.313 e. The molecule has 0 atom stereocenters.